The van der Waals surface area contributed by atoms with E-state index in [1.807, 2.05) is 6.92 Å². The van der Waals surface area contributed by atoms with Crippen molar-refractivity contribution in [3.05, 3.63) is 77.9 Å². The molecule has 3 heterocycles. The molecule has 0 unspecified atom stereocenters. The van der Waals surface area contributed by atoms with Gasteiger partial charge in [0.25, 0.3) is 11.8 Å². The first-order valence-electron chi connectivity index (χ1n) is 11.2. The summed E-state index contributed by atoms with van der Waals surface area (Å²) >= 11 is 0. The monoisotopic (exact) mass is 460 g/mol. The third-order valence-electron chi connectivity index (χ3n) is 5.49. The third kappa shape index (κ3) is 4.22. The van der Waals surface area contributed by atoms with Gasteiger partial charge in [0.2, 0.25) is 0 Å². The van der Waals surface area contributed by atoms with E-state index in [0.29, 0.717) is 54.1 Å². The van der Waals surface area contributed by atoms with Crippen LogP contribution >= 0.6 is 0 Å². The van der Waals surface area contributed by atoms with Gasteiger partial charge in [-0.05, 0) is 48.4 Å². The van der Waals surface area contributed by atoms with Crippen molar-refractivity contribution in [2.24, 2.45) is 0 Å². The average Bonchev–Trinajstić information content (AvgIpc) is 3.46. The Morgan fingerprint density at radius 2 is 1.76 bits per heavy atom. The van der Waals surface area contributed by atoms with Gasteiger partial charge < -0.3 is 23.9 Å². The topological polar surface area (TPSA) is 90.2 Å². The van der Waals surface area contributed by atoms with Crippen molar-refractivity contribution < 1.29 is 28.2 Å². The van der Waals surface area contributed by atoms with E-state index in [-0.39, 0.29) is 17.8 Å². The predicted molar refractivity (Wildman–Crippen MR) is 124 cm³/mol. The molecule has 8 heteroatoms. The molecule has 2 aliphatic rings. The second-order valence-electron chi connectivity index (χ2n) is 7.88. The van der Waals surface area contributed by atoms with E-state index in [0.717, 1.165) is 6.42 Å². The van der Waals surface area contributed by atoms with Crippen molar-refractivity contribution in [3.8, 4) is 17.2 Å². The molecule has 34 heavy (non-hydrogen) atoms. The van der Waals surface area contributed by atoms with Gasteiger partial charge in [-0.3, -0.25) is 14.5 Å². The summed E-state index contributed by atoms with van der Waals surface area (Å²) in [6.45, 7) is 3.61. The maximum atomic E-state index is 13.4. The first-order valence-corrected chi connectivity index (χ1v) is 11.2. The molecular formula is C26H24N2O6. The van der Waals surface area contributed by atoms with Crippen LogP contribution in [0, 0.1) is 0 Å². The Bertz CT molecular complexity index is 1230. The minimum Gasteiger partial charge on any atom is -0.494 e. The number of carbonyl (C=O) groups is 2. The van der Waals surface area contributed by atoms with Crippen molar-refractivity contribution in [1.29, 1.82) is 0 Å². The Balaban J connectivity index is 1.49. The van der Waals surface area contributed by atoms with E-state index in [1.165, 1.54) is 11.2 Å². The Morgan fingerprint density at radius 3 is 2.50 bits per heavy atom. The number of carbonyl (C=O) groups excluding carboxylic acids is 2. The number of anilines is 1. The van der Waals surface area contributed by atoms with Gasteiger partial charge in [0, 0.05) is 11.8 Å². The summed E-state index contributed by atoms with van der Waals surface area (Å²) in [6, 6.07) is 15.9. The lowest BCUT2D eigenvalue weighted by Gasteiger charge is -2.19. The maximum Gasteiger partial charge on any atom is 0.278 e. The number of ether oxygens (including phenoxy) is 3. The molecule has 0 radical (unpaired) electrons. The van der Waals surface area contributed by atoms with Crippen molar-refractivity contribution in [2.75, 3.05) is 25.1 Å². The summed E-state index contributed by atoms with van der Waals surface area (Å²) < 4.78 is 22.3. The van der Waals surface area contributed by atoms with Crippen LogP contribution in [0.4, 0.5) is 5.69 Å². The van der Waals surface area contributed by atoms with Crippen LogP contribution in [0.3, 0.4) is 0 Å². The molecule has 2 amide bonds. The minimum absolute atomic E-state index is 0.0399. The summed E-state index contributed by atoms with van der Waals surface area (Å²) in [5, 5.41) is 3.15. The molecule has 0 bridgehead atoms. The van der Waals surface area contributed by atoms with Gasteiger partial charge in [0.05, 0.1) is 25.0 Å². The highest BCUT2D eigenvalue weighted by Gasteiger charge is 2.39. The molecule has 0 fully saturated rings. The molecule has 2 aliphatic heterocycles. The molecule has 0 saturated carbocycles. The average molecular weight is 460 g/mol. The first-order chi connectivity index (χ1) is 16.6. The molecule has 0 atom stereocenters. The van der Waals surface area contributed by atoms with Crippen LogP contribution in [0.2, 0.25) is 0 Å². The smallest absolute Gasteiger partial charge is 0.278 e. The molecule has 0 aliphatic carbocycles. The highest BCUT2D eigenvalue weighted by Crippen LogP contribution is 2.36. The number of amides is 2. The maximum absolute atomic E-state index is 13.4. The van der Waals surface area contributed by atoms with E-state index in [2.05, 4.69) is 5.32 Å². The van der Waals surface area contributed by atoms with Crippen LogP contribution in [0.5, 0.6) is 17.2 Å². The summed E-state index contributed by atoms with van der Waals surface area (Å²) in [5.74, 6) is 1.62. The number of imide groups is 1. The molecule has 174 valence electrons. The van der Waals surface area contributed by atoms with Crippen molar-refractivity contribution >= 4 is 23.1 Å². The molecule has 0 saturated heterocycles. The minimum atomic E-state index is -0.433. The molecule has 0 spiro atoms. The van der Waals surface area contributed by atoms with Crippen LogP contribution in [-0.2, 0) is 16.1 Å². The molecule has 8 nitrogen and oxygen atoms in total. The van der Waals surface area contributed by atoms with Gasteiger partial charge in [-0.25, -0.2) is 0 Å². The number of rotatable bonds is 8. The number of benzene rings is 2. The SMILES string of the molecule is CCCOc1ccc(C2=C(Nc3ccc4c(c3)OCCO4)C(=O)N(Cc3ccco3)C2=O)cc1. The lowest BCUT2D eigenvalue weighted by molar-refractivity contribution is -0.137. The lowest BCUT2D eigenvalue weighted by atomic mass is 10.0. The van der Waals surface area contributed by atoms with Gasteiger partial charge in [-0.15, -0.1) is 0 Å². The number of nitrogens with one attached hydrogen (secondary N) is 1. The summed E-state index contributed by atoms with van der Waals surface area (Å²) in [4.78, 5) is 28.0. The predicted octanol–water partition coefficient (Wildman–Crippen LogP) is 4.23. The van der Waals surface area contributed by atoms with E-state index in [4.69, 9.17) is 18.6 Å². The molecule has 5 rings (SSSR count). The first kappa shape index (κ1) is 21.6. The lowest BCUT2D eigenvalue weighted by Crippen LogP contribution is -2.31. The highest BCUT2D eigenvalue weighted by molar-refractivity contribution is 6.36. The normalized spacial score (nSPS) is 15.1. The fourth-order valence-corrected chi connectivity index (χ4v) is 3.86. The van der Waals surface area contributed by atoms with Crippen LogP contribution in [0.25, 0.3) is 5.57 Å². The Labute approximate surface area is 196 Å². The van der Waals surface area contributed by atoms with Gasteiger partial charge >= 0.3 is 0 Å². The number of hydrogen-bond acceptors (Lipinski definition) is 7. The standard InChI is InChI=1S/C26H24N2O6/c1-2-11-31-19-8-5-17(6-9-19)23-24(26(30)28(25(23)29)16-20-4-3-12-32-20)27-18-7-10-21-22(15-18)34-14-13-33-21/h3-10,12,15,27H,2,11,13-14,16H2,1H3. The summed E-state index contributed by atoms with van der Waals surface area (Å²) in [5.41, 5.74) is 1.70. The molecule has 1 N–H and O–H groups in total. The molecule has 2 aromatic carbocycles. The van der Waals surface area contributed by atoms with Gasteiger partial charge in [0.15, 0.2) is 11.5 Å². The van der Waals surface area contributed by atoms with Crippen LogP contribution in [-0.4, -0.2) is 36.5 Å². The van der Waals surface area contributed by atoms with Crippen molar-refractivity contribution in [1.82, 2.24) is 4.90 Å². The van der Waals surface area contributed by atoms with Crippen molar-refractivity contribution in [2.45, 2.75) is 19.9 Å². The van der Waals surface area contributed by atoms with Gasteiger partial charge in [-0.1, -0.05) is 19.1 Å². The zero-order valence-corrected chi connectivity index (χ0v) is 18.7. The van der Waals surface area contributed by atoms with E-state index < -0.39 is 11.8 Å². The fourth-order valence-electron chi connectivity index (χ4n) is 3.86. The fraction of sp³-hybridized carbons (Fsp3) is 0.231. The van der Waals surface area contributed by atoms with Crippen LogP contribution in [0.1, 0.15) is 24.7 Å². The van der Waals surface area contributed by atoms with Gasteiger partial charge in [0.1, 0.15) is 30.4 Å². The molecule has 3 aromatic rings. The second kappa shape index (κ2) is 9.35. The van der Waals surface area contributed by atoms with Crippen molar-refractivity contribution in [3.63, 3.8) is 0 Å². The molecular weight excluding hydrogens is 436 g/mol. The molecule has 1 aromatic heterocycles. The van der Waals surface area contributed by atoms with Crippen LogP contribution < -0.4 is 19.5 Å². The number of furan rings is 1. The second-order valence-corrected chi connectivity index (χ2v) is 7.88. The number of hydrogen-bond donors (Lipinski definition) is 1. The van der Waals surface area contributed by atoms with Gasteiger partial charge in [-0.2, -0.15) is 0 Å². The Kier molecular flexibility index (Phi) is 5.95. The zero-order valence-electron chi connectivity index (χ0n) is 18.7. The van der Waals surface area contributed by atoms with E-state index >= 15 is 0 Å². The Morgan fingerprint density at radius 1 is 0.971 bits per heavy atom. The summed E-state index contributed by atoms with van der Waals surface area (Å²) in [7, 11) is 0. The highest BCUT2D eigenvalue weighted by atomic mass is 16.6. The Hall–Kier alpha value is -4.20. The number of fused-ring (bicyclic) bond motifs is 1. The zero-order chi connectivity index (χ0) is 23.5. The largest absolute Gasteiger partial charge is 0.494 e. The quantitative estimate of drug-likeness (QED) is 0.503. The van der Waals surface area contributed by atoms with Crippen LogP contribution in [0.15, 0.2) is 71.0 Å². The third-order valence-corrected chi connectivity index (χ3v) is 5.49. The number of nitrogens with zero attached hydrogens (tertiary/aromatic N) is 1. The summed E-state index contributed by atoms with van der Waals surface area (Å²) in [6.07, 6.45) is 2.41. The van der Waals surface area contributed by atoms with E-state index in [9.17, 15) is 9.59 Å². The van der Waals surface area contributed by atoms with E-state index in [1.54, 1.807) is 54.6 Å².